The lowest BCUT2D eigenvalue weighted by Crippen LogP contribution is -2.29. The van der Waals surface area contributed by atoms with Crippen molar-refractivity contribution in [2.75, 3.05) is 0 Å². The van der Waals surface area contributed by atoms with Gasteiger partial charge in [-0.25, -0.2) is 5.43 Å². The first-order valence-electron chi connectivity index (χ1n) is 6.22. The quantitative estimate of drug-likeness (QED) is 0.633. The van der Waals surface area contributed by atoms with Crippen molar-refractivity contribution in [1.29, 1.82) is 0 Å². The monoisotopic (exact) mass is 358 g/mol. The van der Waals surface area contributed by atoms with Gasteiger partial charge in [0.2, 0.25) is 0 Å². The maximum Gasteiger partial charge on any atom is 0.416 e. The Kier molecular flexibility index (Phi) is 4.70. The Morgan fingerprint density at radius 3 is 2.43 bits per heavy atom. The summed E-state index contributed by atoms with van der Waals surface area (Å²) in [7, 11) is 0. The van der Waals surface area contributed by atoms with Crippen LogP contribution in [0.25, 0.3) is 0 Å². The highest BCUT2D eigenvalue weighted by Crippen LogP contribution is 2.33. The molecule has 0 radical (unpaired) electrons. The molecule has 2 aromatic rings. The van der Waals surface area contributed by atoms with Crippen molar-refractivity contribution in [1.82, 2.24) is 5.43 Å². The fraction of sp³-hybridized carbons (Fsp3) is 0.200. The van der Waals surface area contributed by atoms with Crippen LogP contribution in [-0.4, -0.2) is 0 Å². The lowest BCUT2D eigenvalue weighted by molar-refractivity contribution is -0.137. The molecule has 0 fully saturated rings. The zero-order valence-corrected chi connectivity index (χ0v) is 12.8. The highest BCUT2D eigenvalue weighted by Gasteiger charge is 2.31. The van der Waals surface area contributed by atoms with Gasteiger partial charge in [-0.15, -0.1) is 0 Å². The minimum absolute atomic E-state index is 0.470. The molecule has 0 aliphatic carbocycles. The van der Waals surface area contributed by atoms with Gasteiger partial charge in [-0.2, -0.15) is 13.2 Å². The van der Waals surface area contributed by atoms with Gasteiger partial charge < -0.3 is 0 Å². The Bertz CT molecular complexity index is 641. The summed E-state index contributed by atoms with van der Waals surface area (Å²) in [4.78, 5) is 0. The van der Waals surface area contributed by atoms with Gasteiger partial charge in [-0.05, 0) is 47.9 Å². The Labute approximate surface area is 129 Å². The maximum absolute atomic E-state index is 12.8. The van der Waals surface area contributed by atoms with Crippen LogP contribution in [0, 0.1) is 6.92 Å². The van der Waals surface area contributed by atoms with Crippen LogP contribution in [0.4, 0.5) is 13.2 Å². The van der Waals surface area contributed by atoms with Crippen molar-refractivity contribution in [3.63, 3.8) is 0 Å². The highest BCUT2D eigenvalue weighted by atomic mass is 79.9. The molecule has 0 spiro atoms. The number of benzene rings is 2. The lowest BCUT2D eigenvalue weighted by atomic mass is 9.94. The number of hydrazine groups is 1. The molecule has 0 saturated heterocycles. The van der Waals surface area contributed by atoms with E-state index < -0.39 is 17.8 Å². The number of alkyl halides is 3. The molecule has 0 amide bonds. The van der Waals surface area contributed by atoms with E-state index in [-0.39, 0.29) is 0 Å². The minimum Gasteiger partial charge on any atom is -0.271 e. The van der Waals surface area contributed by atoms with Crippen LogP contribution in [0.2, 0.25) is 0 Å². The van der Waals surface area contributed by atoms with Crippen molar-refractivity contribution in [3.05, 3.63) is 69.2 Å². The predicted molar refractivity (Wildman–Crippen MR) is 79.5 cm³/mol. The fourth-order valence-corrected chi connectivity index (χ4v) is 2.70. The van der Waals surface area contributed by atoms with Gasteiger partial charge in [0, 0.05) is 4.47 Å². The molecular formula is C15H14BrF3N2. The Hall–Kier alpha value is -1.37. The number of hydrogen-bond donors (Lipinski definition) is 2. The van der Waals surface area contributed by atoms with Gasteiger partial charge in [0.25, 0.3) is 0 Å². The third kappa shape index (κ3) is 3.64. The molecule has 3 N–H and O–H groups in total. The van der Waals surface area contributed by atoms with Crippen LogP contribution in [-0.2, 0) is 6.18 Å². The minimum atomic E-state index is -4.37. The summed E-state index contributed by atoms with van der Waals surface area (Å²) in [5, 5.41) is 0. The summed E-state index contributed by atoms with van der Waals surface area (Å²) in [5.74, 6) is 5.56. The molecule has 2 aromatic carbocycles. The molecular weight excluding hydrogens is 345 g/mol. The van der Waals surface area contributed by atoms with Crippen LogP contribution in [0.5, 0.6) is 0 Å². The van der Waals surface area contributed by atoms with Gasteiger partial charge in [0.15, 0.2) is 0 Å². The smallest absolute Gasteiger partial charge is 0.271 e. The summed E-state index contributed by atoms with van der Waals surface area (Å²) in [6, 6.07) is 10.2. The molecule has 0 aromatic heterocycles. The average Bonchev–Trinajstić information content (AvgIpc) is 2.41. The van der Waals surface area contributed by atoms with E-state index in [1.165, 1.54) is 6.07 Å². The average molecular weight is 359 g/mol. The van der Waals surface area contributed by atoms with Crippen molar-refractivity contribution >= 4 is 15.9 Å². The van der Waals surface area contributed by atoms with Crippen molar-refractivity contribution in [3.8, 4) is 0 Å². The molecule has 1 atom stereocenters. The number of hydrogen-bond acceptors (Lipinski definition) is 2. The second-order valence-electron chi connectivity index (χ2n) is 4.72. The van der Waals surface area contributed by atoms with Crippen LogP contribution in [0.15, 0.2) is 46.9 Å². The van der Waals surface area contributed by atoms with Crippen LogP contribution in [0.1, 0.15) is 28.3 Å². The van der Waals surface area contributed by atoms with E-state index in [4.69, 9.17) is 5.84 Å². The Morgan fingerprint density at radius 2 is 1.86 bits per heavy atom. The van der Waals surface area contributed by atoms with E-state index in [1.807, 2.05) is 25.1 Å². The van der Waals surface area contributed by atoms with Gasteiger partial charge in [0.05, 0.1) is 11.6 Å². The molecule has 0 aliphatic heterocycles. The Morgan fingerprint density at radius 1 is 1.14 bits per heavy atom. The molecule has 2 rings (SSSR count). The number of rotatable bonds is 3. The standard InChI is InChI=1S/C15H14BrF3N2/c1-9-7-12(16)5-6-13(9)14(21-20)10-3-2-4-11(8-10)15(17,18)19/h2-8,14,21H,20H2,1H3. The van der Waals surface area contributed by atoms with E-state index in [0.717, 1.165) is 27.7 Å². The first-order chi connectivity index (χ1) is 9.82. The van der Waals surface area contributed by atoms with E-state index in [9.17, 15) is 13.2 Å². The van der Waals surface area contributed by atoms with Crippen molar-refractivity contribution < 1.29 is 13.2 Å². The molecule has 2 nitrogen and oxygen atoms in total. The third-order valence-electron chi connectivity index (χ3n) is 3.26. The first kappa shape index (κ1) is 16.0. The Balaban J connectivity index is 2.47. The summed E-state index contributed by atoms with van der Waals surface area (Å²) in [5.41, 5.74) is 4.14. The number of nitrogens with two attached hydrogens (primary N) is 1. The highest BCUT2D eigenvalue weighted by molar-refractivity contribution is 9.10. The van der Waals surface area contributed by atoms with Crippen molar-refractivity contribution in [2.45, 2.75) is 19.1 Å². The normalized spacial score (nSPS) is 13.2. The second kappa shape index (κ2) is 6.17. The number of nitrogens with one attached hydrogen (secondary N) is 1. The fourth-order valence-electron chi connectivity index (χ4n) is 2.22. The summed E-state index contributed by atoms with van der Waals surface area (Å²) >= 11 is 3.36. The van der Waals surface area contributed by atoms with E-state index in [0.29, 0.717) is 5.56 Å². The molecule has 0 aliphatic rings. The largest absolute Gasteiger partial charge is 0.416 e. The zero-order valence-electron chi connectivity index (χ0n) is 11.2. The molecule has 1 unspecified atom stereocenters. The van der Waals surface area contributed by atoms with E-state index in [1.54, 1.807) is 6.07 Å². The molecule has 21 heavy (non-hydrogen) atoms. The van der Waals surface area contributed by atoms with Crippen LogP contribution in [0.3, 0.4) is 0 Å². The molecule has 0 bridgehead atoms. The van der Waals surface area contributed by atoms with Crippen LogP contribution < -0.4 is 11.3 Å². The maximum atomic E-state index is 12.8. The number of aryl methyl sites for hydroxylation is 1. The molecule has 0 heterocycles. The SMILES string of the molecule is Cc1cc(Br)ccc1C(NN)c1cccc(C(F)(F)F)c1. The van der Waals surface area contributed by atoms with Gasteiger partial charge >= 0.3 is 6.18 Å². The van der Waals surface area contributed by atoms with Gasteiger partial charge in [0.1, 0.15) is 0 Å². The van der Waals surface area contributed by atoms with E-state index in [2.05, 4.69) is 21.4 Å². The van der Waals surface area contributed by atoms with Gasteiger partial charge in [-0.1, -0.05) is 34.1 Å². The lowest BCUT2D eigenvalue weighted by Gasteiger charge is -2.20. The zero-order chi connectivity index (χ0) is 15.6. The molecule has 6 heteroatoms. The molecule has 112 valence electrons. The summed E-state index contributed by atoms with van der Waals surface area (Å²) in [6.07, 6.45) is -4.37. The topological polar surface area (TPSA) is 38.0 Å². The molecule has 0 saturated carbocycles. The summed E-state index contributed by atoms with van der Waals surface area (Å²) < 4.78 is 39.3. The van der Waals surface area contributed by atoms with E-state index >= 15 is 0 Å². The summed E-state index contributed by atoms with van der Waals surface area (Å²) in [6.45, 7) is 1.89. The second-order valence-corrected chi connectivity index (χ2v) is 5.64. The number of halogens is 4. The first-order valence-corrected chi connectivity index (χ1v) is 7.01. The van der Waals surface area contributed by atoms with Gasteiger partial charge in [-0.3, -0.25) is 5.84 Å². The van der Waals surface area contributed by atoms with Crippen LogP contribution >= 0.6 is 15.9 Å². The predicted octanol–water partition coefficient (Wildman–Crippen LogP) is 4.33. The third-order valence-corrected chi connectivity index (χ3v) is 3.75. The van der Waals surface area contributed by atoms with Crippen molar-refractivity contribution in [2.24, 2.45) is 5.84 Å².